The highest BCUT2D eigenvalue weighted by Gasteiger charge is 2.30. The number of carbonyl (C=O) groups excluding carboxylic acids is 1. The number of pyridine rings is 1. The van der Waals surface area contributed by atoms with Gasteiger partial charge in [0, 0.05) is 24.5 Å². The van der Waals surface area contributed by atoms with Crippen molar-refractivity contribution in [1.82, 2.24) is 19.7 Å². The molecule has 1 saturated heterocycles. The topological polar surface area (TPSA) is 71.2 Å². The van der Waals surface area contributed by atoms with E-state index < -0.39 is 6.10 Å². The van der Waals surface area contributed by atoms with E-state index in [1.165, 1.54) is 0 Å². The molecule has 1 aliphatic rings. The van der Waals surface area contributed by atoms with Crippen LogP contribution in [-0.4, -0.2) is 49.4 Å². The molecular formula is C18H24N4O2. The fourth-order valence-electron chi connectivity index (χ4n) is 3.41. The smallest absolute Gasteiger partial charge is 0.255 e. The summed E-state index contributed by atoms with van der Waals surface area (Å²) in [4.78, 5) is 19.0. The Bertz CT molecular complexity index is 721. The van der Waals surface area contributed by atoms with Gasteiger partial charge in [-0.25, -0.2) is 9.67 Å². The lowest BCUT2D eigenvalue weighted by atomic mass is 10.1. The molecule has 1 amide bonds. The van der Waals surface area contributed by atoms with Crippen molar-refractivity contribution in [2.24, 2.45) is 0 Å². The van der Waals surface area contributed by atoms with E-state index in [0.717, 1.165) is 30.8 Å². The molecule has 3 rings (SSSR count). The van der Waals surface area contributed by atoms with Gasteiger partial charge in [-0.1, -0.05) is 0 Å². The monoisotopic (exact) mass is 328 g/mol. The number of carbonyl (C=O) groups is 1. The second-order valence-corrected chi connectivity index (χ2v) is 6.62. The molecule has 2 aromatic rings. The number of hydrogen-bond acceptors (Lipinski definition) is 4. The molecule has 0 bridgehead atoms. The van der Waals surface area contributed by atoms with E-state index in [1.54, 1.807) is 23.9 Å². The summed E-state index contributed by atoms with van der Waals surface area (Å²) in [5.41, 5.74) is 2.53. The largest absolute Gasteiger partial charge is 0.393 e. The molecule has 2 unspecified atom stereocenters. The minimum absolute atomic E-state index is 0.00873. The van der Waals surface area contributed by atoms with Crippen LogP contribution in [0.15, 0.2) is 24.4 Å². The number of aryl methyl sites for hydroxylation is 2. The quantitative estimate of drug-likeness (QED) is 0.934. The molecule has 2 atom stereocenters. The molecule has 0 aromatic carbocycles. The summed E-state index contributed by atoms with van der Waals surface area (Å²) in [6.07, 6.45) is 3.79. The highest BCUT2D eigenvalue weighted by Crippen LogP contribution is 2.23. The number of amides is 1. The fourth-order valence-corrected chi connectivity index (χ4v) is 3.41. The molecular weight excluding hydrogens is 304 g/mol. The number of hydrogen-bond donors (Lipinski definition) is 1. The van der Waals surface area contributed by atoms with Crippen molar-refractivity contribution in [2.45, 2.75) is 52.2 Å². The maximum atomic E-state index is 12.7. The summed E-state index contributed by atoms with van der Waals surface area (Å²) < 4.78 is 1.77. The van der Waals surface area contributed by atoms with E-state index in [0.29, 0.717) is 17.8 Å². The van der Waals surface area contributed by atoms with E-state index in [2.05, 4.69) is 10.1 Å². The number of nitrogens with zero attached hydrogens (tertiary/aromatic N) is 4. The third-order valence-electron chi connectivity index (χ3n) is 4.47. The van der Waals surface area contributed by atoms with Crippen molar-refractivity contribution < 1.29 is 9.90 Å². The third kappa shape index (κ3) is 3.33. The van der Waals surface area contributed by atoms with E-state index in [1.807, 2.05) is 30.9 Å². The first-order valence-electron chi connectivity index (χ1n) is 8.44. The van der Waals surface area contributed by atoms with Crippen LogP contribution in [0.1, 0.15) is 47.9 Å². The van der Waals surface area contributed by atoms with E-state index in [-0.39, 0.29) is 11.9 Å². The summed E-state index contributed by atoms with van der Waals surface area (Å²) in [6, 6.07) is 5.74. The zero-order chi connectivity index (χ0) is 17.3. The number of rotatable bonds is 4. The van der Waals surface area contributed by atoms with E-state index in [9.17, 15) is 9.90 Å². The number of aliphatic hydroxyl groups excluding tert-OH is 1. The van der Waals surface area contributed by atoms with Gasteiger partial charge in [0.1, 0.15) is 0 Å². The average Bonchev–Trinajstić information content (AvgIpc) is 3.12. The van der Waals surface area contributed by atoms with Gasteiger partial charge in [-0.05, 0) is 58.2 Å². The molecule has 0 spiro atoms. The van der Waals surface area contributed by atoms with E-state index >= 15 is 0 Å². The number of likely N-dealkylation sites (tertiary alicyclic amines) is 1. The van der Waals surface area contributed by atoms with Gasteiger partial charge in [0.15, 0.2) is 5.82 Å². The van der Waals surface area contributed by atoms with Crippen molar-refractivity contribution in [2.75, 3.05) is 6.54 Å². The Morgan fingerprint density at radius 3 is 2.79 bits per heavy atom. The van der Waals surface area contributed by atoms with Crippen LogP contribution in [0.5, 0.6) is 0 Å². The van der Waals surface area contributed by atoms with Gasteiger partial charge in [-0.3, -0.25) is 4.79 Å². The second kappa shape index (κ2) is 6.73. The van der Waals surface area contributed by atoms with Crippen LogP contribution in [0.25, 0.3) is 5.82 Å². The first-order chi connectivity index (χ1) is 11.5. The molecule has 1 N–H and O–H groups in total. The molecule has 2 aromatic heterocycles. The predicted molar refractivity (Wildman–Crippen MR) is 91.2 cm³/mol. The summed E-state index contributed by atoms with van der Waals surface area (Å²) in [6.45, 7) is 6.43. The van der Waals surface area contributed by atoms with Gasteiger partial charge in [-0.15, -0.1) is 0 Å². The van der Waals surface area contributed by atoms with Crippen molar-refractivity contribution >= 4 is 5.91 Å². The van der Waals surface area contributed by atoms with Gasteiger partial charge < -0.3 is 10.0 Å². The molecule has 0 saturated carbocycles. The Balaban J connectivity index is 1.78. The molecule has 6 nitrogen and oxygen atoms in total. The number of aromatic nitrogens is 3. The molecule has 1 fully saturated rings. The highest BCUT2D eigenvalue weighted by molar-refractivity contribution is 5.94. The van der Waals surface area contributed by atoms with Crippen LogP contribution < -0.4 is 0 Å². The standard InChI is InChI=1S/C18H24N4O2/c1-12-9-13(2)22(20-12)17-7-6-15(11-19-17)18(24)21-8-4-5-16(21)10-14(3)23/h6-7,9,11,14,16,23H,4-5,8,10H2,1-3H3. The van der Waals surface area contributed by atoms with Crippen molar-refractivity contribution in [1.29, 1.82) is 0 Å². The molecule has 6 heteroatoms. The van der Waals surface area contributed by atoms with Gasteiger partial charge in [0.2, 0.25) is 0 Å². The Labute approximate surface area is 142 Å². The third-order valence-corrected chi connectivity index (χ3v) is 4.47. The molecule has 0 aliphatic carbocycles. The van der Waals surface area contributed by atoms with Crippen LogP contribution in [0.2, 0.25) is 0 Å². The zero-order valence-electron chi connectivity index (χ0n) is 14.4. The summed E-state index contributed by atoms with van der Waals surface area (Å²) in [5.74, 6) is 0.699. The first-order valence-corrected chi connectivity index (χ1v) is 8.44. The van der Waals surface area contributed by atoms with Crippen LogP contribution in [0.3, 0.4) is 0 Å². The van der Waals surface area contributed by atoms with Crippen LogP contribution in [0, 0.1) is 13.8 Å². The minimum Gasteiger partial charge on any atom is -0.393 e. The molecule has 1 aliphatic heterocycles. The molecule has 128 valence electrons. The van der Waals surface area contributed by atoms with Gasteiger partial charge in [-0.2, -0.15) is 5.10 Å². The molecule has 0 radical (unpaired) electrons. The lowest BCUT2D eigenvalue weighted by Crippen LogP contribution is -2.37. The SMILES string of the molecule is Cc1cc(C)n(-c2ccc(C(=O)N3CCCC3CC(C)O)cn2)n1. The van der Waals surface area contributed by atoms with Crippen molar-refractivity contribution in [3.05, 3.63) is 41.3 Å². The van der Waals surface area contributed by atoms with Gasteiger partial charge in [0.25, 0.3) is 5.91 Å². The lowest BCUT2D eigenvalue weighted by Gasteiger charge is -2.25. The van der Waals surface area contributed by atoms with E-state index in [4.69, 9.17) is 0 Å². The summed E-state index contributed by atoms with van der Waals surface area (Å²) >= 11 is 0. The summed E-state index contributed by atoms with van der Waals surface area (Å²) in [7, 11) is 0. The van der Waals surface area contributed by atoms with Crippen molar-refractivity contribution in [3.63, 3.8) is 0 Å². The van der Waals surface area contributed by atoms with Crippen LogP contribution in [0.4, 0.5) is 0 Å². The lowest BCUT2D eigenvalue weighted by molar-refractivity contribution is 0.0681. The average molecular weight is 328 g/mol. The summed E-state index contributed by atoms with van der Waals surface area (Å²) in [5, 5.41) is 14.0. The zero-order valence-corrected chi connectivity index (χ0v) is 14.4. The Kier molecular flexibility index (Phi) is 4.66. The number of aliphatic hydroxyl groups is 1. The Hall–Kier alpha value is -2.21. The van der Waals surface area contributed by atoms with Crippen LogP contribution in [-0.2, 0) is 0 Å². The minimum atomic E-state index is -0.394. The van der Waals surface area contributed by atoms with Crippen molar-refractivity contribution in [3.8, 4) is 5.82 Å². The molecule has 3 heterocycles. The fraction of sp³-hybridized carbons (Fsp3) is 0.500. The maximum absolute atomic E-state index is 12.7. The first kappa shape index (κ1) is 16.6. The van der Waals surface area contributed by atoms with Gasteiger partial charge >= 0.3 is 0 Å². The normalized spacial score (nSPS) is 18.8. The second-order valence-electron chi connectivity index (χ2n) is 6.62. The molecule has 24 heavy (non-hydrogen) atoms. The Morgan fingerprint density at radius 2 is 2.21 bits per heavy atom. The maximum Gasteiger partial charge on any atom is 0.255 e. The van der Waals surface area contributed by atoms with Gasteiger partial charge in [0.05, 0.1) is 17.4 Å². The predicted octanol–water partition coefficient (Wildman–Crippen LogP) is 2.26. The van der Waals surface area contributed by atoms with Crippen LogP contribution >= 0.6 is 0 Å². The Morgan fingerprint density at radius 1 is 1.42 bits per heavy atom. The highest BCUT2D eigenvalue weighted by atomic mass is 16.3.